The summed E-state index contributed by atoms with van der Waals surface area (Å²) in [5.41, 5.74) is 0.766. The first kappa shape index (κ1) is 14.5. The third kappa shape index (κ3) is 3.14. The van der Waals surface area contributed by atoms with E-state index in [-0.39, 0.29) is 17.0 Å². The fourth-order valence-electron chi connectivity index (χ4n) is 2.01. The second-order valence-electron chi connectivity index (χ2n) is 4.46. The van der Waals surface area contributed by atoms with Crippen LogP contribution in [0.15, 0.2) is 30.3 Å². The van der Waals surface area contributed by atoms with Crippen molar-refractivity contribution in [2.24, 2.45) is 0 Å². The van der Waals surface area contributed by atoms with Crippen molar-refractivity contribution in [2.45, 2.75) is 18.3 Å². The number of benzene rings is 1. The number of aromatic hydroxyl groups is 1. The number of carboxylic acids is 1. The molecule has 20 heavy (non-hydrogen) atoms. The monoisotopic (exact) mass is 293 g/mol. The molecule has 1 aliphatic heterocycles. The van der Waals surface area contributed by atoms with Gasteiger partial charge in [0.15, 0.2) is 0 Å². The second kappa shape index (κ2) is 6.00. The van der Waals surface area contributed by atoms with Gasteiger partial charge in [-0.15, -0.1) is 11.8 Å². The Kier molecular flexibility index (Phi) is 4.34. The summed E-state index contributed by atoms with van der Waals surface area (Å²) < 4.78 is 0. The zero-order valence-electron chi connectivity index (χ0n) is 10.9. The van der Waals surface area contributed by atoms with E-state index in [1.165, 1.54) is 34.9 Å². The minimum atomic E-state index is -0.978. The zero-order valence-corrected chi connectivity index (χ0v) is 11.7. The van der Waals surface area contributed by atoms with Crippen LogP contribution in [0.2, 0.25) is 0 Å². The highest BCUT2D eigenvalue weighted by Gasteiger charge is 2.38. The number of carboxylic acid groups (broad SMARTS) is 1. The van der Waals surface area contributed by atoms with Crippen LogP contribution >= 0.6 is 11.8 Å². The minimum absolute atomic E-state index is 0.145. The molecule has 0 aromatic heterocycles. The first-order valence-electron chi connectivity index (χ1n) is 6.13. The summed E-state index contributed by atoms with van der Waals surface area (Å²) in [5, 5.41) is 18.1. The van der Waals surface area contributed by atoms with E-state index in [9.17, 15) is 9.59 Å². The largest absolute Gasteiger partial charge is 0.508 e. The van der Waals surface area contributed by atoms with Crippen LogP contribution in [0, 0.1) is 0 Å². The van der Waals surface area contributed by atoms with Gasteiger partial charge in [0.25, 0.3) is 0 Å². The molecule has 1 saturated heterocycles. The zero-order chi connectivity index (χ0) is 14.7. The molecule has 106 valence electrons. The van der Waals surface area contributed by atoms with E-state index in [2.05, 4.69) is 0 Å². The first-order chi connectivity index (χ1) is 9.49. The Morgan fingerprint density at radius 3 is 2.60 bits per heavy atom. The minimum Gasteiger partial charge on any atom is -0.508 e. The summed E-state index contributed by atoms with van der Waals surface area (Å²) in [6.45, 7) is 1.82. The lowest BCUT2D eigenvalue weighted by Gasteiger charge is -2.23. The van der Waals surface area contributed by atoms with Crippen molar-refractivity contribution in [3.8, 4) is 5.75 Å². The molecule has 5 nitrogen and oxygen atoms in total. The predicted octanol–water partition coefficient (Wildman–Crippen LogP) is 1.78. The van der Waals surface area contributed by atoms with Crippen molar-refractivity contribution >= 4 is 29.7 Å². The lowest BCUT2D eigenvalue weighted by molar-refractivity contribution is -0.147. The average molecular weight is 293 g/mol. The second-order valence-corrected chi connectivity index (χ2v) is 5.81. The number of carbonyl (C=O) groups is 2. The van der Waals surface area contributed by atoms with Crippen molar-refractivity contribution in [3.05, 3.63) is 35.9 Å². The molecule has 6 heteroatoms. The lowest BCUT2D eigenvalue weighted by atomic mass is 10.2. The number of hydrogen-bond donors (Lipinski definition) is 2. The molecule has 2 rings (SSSR count). The maximum absolute atomic E-state index is 12.1. The van der Waals surface area contributed by atoms with Crippen LogP contribution in [0.5, 0.6) is 5.75 Å². The van der Waals surface area contributed by atoms with Gasteiger partial charge < -0.3 is 15.1 Å². The molecule has 1 aromatic carbocycles. The molecule has 0 aliphatic carbocycles. The topological polar surface area (TPSA) is 77.8 Å². The molecular weight excluding hydrogens is 278 g/mol. The van der Waals surface area contributed by atoms with Crippen LogP contribution in [0.3, 0.4) is 0 Å². The molecule has 1 aliphatic rings. The van der Waals surface area contributed by atoms with E-state index < -0.39 is 12.0 Å². The van der Waals surface area contributed by atoms with Gasteiger partial charge in [-0.3, -0.25) is 4.79 Å². The van der Waals surface area contributed by atoms with E-state index in [0.717, 1.165) is 5.56 Å². The van der Waals surface area contributed by atoms with Gasteiger partial charge in [-0.2, -0.15) is 0 Å². The van der Waals surface area contributed by atoms with Crippen molar-refractivity contribution in [2.75, 3.05) is 5.75 Å². The number of nitrogens with zero attached hydrogens (tertiary/aromatic N) is 1. The van der Waals surface area contributed by atoms with Crippen molar-refractivity contribution in [3.63, 3.8) is 0 Å². The van der Waals surface area contributed by atoms with Crippen LogP contribution in [0.4, 0.5) is 0 Å². The van der Waals surface area contributed by atoms with Gasteiger partial charge in [0.1, 0.15) is 11.8 Å². The molecule has 1 amide bonds. The Bertz CT molecular complexity index is 541. The fraction of sp³-hybridized carbons (Fsp3) is 0.286. The van der Waals surface area contributed by atoms with Crippen molar-refractivity contribution in [1.82, 2.24) is 4.90 Å². The smallest absolute Gasteiger partial charge is 0.327 e. The maximum atomic E-state index is 12.1. The SMILES string of the molecule is CC1SCC(C(=O)O)N1C(=O)C=Cc1ccc(O)cc1. The van der Waals surface area contributed by atoms with E-state index in [0.29, 0.717) is 5.75 Å². The van der Waals surface area contributed by atoms with Gasteiger partial charge in [-0.05, 0) is 30.7 Å². The average Bonchev–Trinajstić information content (AvgIpc) is 2.80. The highest BCUT2D eigenvalue weighted by atomic mass is 32.2. The van der Waals surface area contributed by atoms with Crippen LogP contribution in [-0.2, 0) is 9.59 Å². The summed E-state index contributed by atoms with van der Waals surface area (Å²) in [6.07, 6.45) is 2.97. The van der Waals surface area contributed by atoms with Gasteiger partial charge >= 0.3 is 5.97 Å². The molecule has 0 radical (unpaired) electrons. The Hall–Kier alpha value is -1.95. The molecule has 0 spiro atoms. The first-order valence-corrected chi connectivity index (χ1v) is 7.17. The third-order valence-electron chi connectivity index (χ3n) is 3.07. The number of phenolic OH excluding ortho intramolecular Hbond substituents is 1. The van der Waals surface area contributed by atoms with Crippen LogP contribution in [0.1, 0.15) is 12.5 Å². The number of hydrogen-bond acceptors (Lipinski definition) is 4. The fourth-order valence-corrected chi connectivity index (χ4v) is 3.18. The lowest BCUT2D eigenvalue weighted by Crippen LogP contribution is -2.43. The van der Waals surface area contributed by atoms with Gasteiger partial charge in [0.05, 0.1) is 5.37 Å². The summed E-state index contributed by atoms with van der Waals surface area (Å²) in [6, 6.07) is 5.63. The predicted molar refractivity (Wildman–Crippen MR) is 77.3 cm³/mol. The van der Waals surface area contributed by atoms with Gasteiger partial charge in [0, 0.05) is 11.8 Å². The van der Waals surface area contributed by atoms with Crippen LogP contribution in [-0.4, -0.2) is 44.2 Å². The van der Waals surface area contributed by atoms with Gasteiger partial charge in [0.2, 0.25) is 5.91 Å². The van der Waals surface area contributed by atoms with E-state index in [1.807, 2.05) is 6.92 Å². The number of carbonyl (C=O) groups excluding carboxylic acids is 1. The number of phenols is 1. The standard InChI is InChI=1S/C14H15NO4S/c1-9-15(12(8-20-9)14(18)19)13(17)7-4-10-2-5-11(16)6-3-10/h2-7,9,12,16H,8H2,1H3,(H,18,19). The molecule has 1 fully saturated rings. The Balaban J connectivity index is 2.10. The summed E-state index contributed by atoms with van der Waals surface area (Å²) in [5.74, 6) is -0.727. The summed E-state index contributed by atoms with van der Waals surface area (Å²) >= 11 is 1.45. The molecule has 0 saturated carbocycles. The van der Waals surface area contributed by atoms with E-state index in [4.69, 9.17) is 10.2 Å². The summed E-state index contributed by atoms with van der Waals surface area (Å²) in [4.78, 5) is 24.6. The Morgan fingerprint density at radius 2 is 2.00 bits per heavy atom. The van der Waals surface area contributed by atoms with E-state index >= 15 is 0 Å². The molecule has 1 aromatic rings. The molecule has 2 atom stereocenters. The number of aliphatic carboxylic acids is 1. The third-order valence-corrected chi connectivity index (χ3v) is 4.29. The van der Waals surface area contributed by atoms with Crippen molar-refractivity contribution in [1.29, 1.82) is 0 Å². The number of amides is 1. The number of rotatable bonds is 3. The van der Waals surface area contributed by atoms with Gasteiger partial charge in [-0.25, -0.2) is 4.79 Å². The van der Waals surface area contributed by atoms with Crippen LogP contribution in [0.25, 0.3) is 6.08 Å². The highest BCUT2D eigenvalue weighted by Crippen LogP contribution is 2.29. The quantitative estimate of drug-likeness (QED) is 0.831. The maximum Gasteiger partial charge on any atom is 0.327 e. The molecule has 2 unspecified atom stereocenters. The van der Waals surface area contributed by atoms with Gasteiger partial charge in [-0.1, -0.05) is 12.1 Å². The normalized spacial score (nSPS) is 22.4. The Morgan fingerprint density at radius 1 is 1.35 bits per heavy atom. The summed E-state index contributed by atoms with van der Waals surface area (Å²) in [7, 11) is 0. The highest BCUT2D eigenvalue weighted by molar-refractivity contribution is 8.00. The molecule has 1 heterocycles. The molecule has 2 N–H and O–H groups in total. The van der Waals surface area contributed by atoms with Crippen molar-refractivity contribution < 1.29 is 19.8 Å². The molecular formula is C14H15NO4S. The van der Waals surface area contributed by atoms with E-state index in [1.54, 1.807) is 18.2 Å². The Labute approximate surface area is 120 Å². The molecule has 0 bridgehead atoms. The van der Waals surface area contributed by atoms with Crippen LogP contribution < -0.4 is 0 Å². The number of thioether (sulfide) groups is 1.